The lowest BCUT2D eigenvalue weighted by Gasteiger charge is -2.29. The van der Waals surface area contributed by atoms with Crippen molar-refractivity contribution in [2.75, 3.05) is 13.7 Å². The summed E-state index contributed by atoms with van der Waals surface area (Å²) in [6.45, 7) is 6.75. The predicted molar refractivity (Wildman–Crippen MR) is 104 cm³/mol. The Labute approximate surface area is 156 Å². The zero-order valence-corrected chi connectivity index (χ0v) is 16.2. The summed E-state index contributed by atoms with van der Waals surface area (Å²) in [5.41, 5.74) is 2.97. The maximum Gasteiger partial charge on any atom is 0.195 e. The molecule has 26 heavy (non-hydrogen) atoms. The molecule has 4 nitrogen and oxygen atoms in total. The number of hydrogen-bond donors (Lipinski definition) is 1. The molecule has 0 aromatic heterocycles. The van der Waals surface area contributed by atoms with Gasteiger partial charge in [0.2, 0.25) is 0 Å². The molecule has 1 aliphatic heterocycles. The second-order valence-electron chi connectivity index (χ2n) is 6.52. The molecule has 1 aromatic rings. The third kappa shape index (κ3) is 4.85. The Balaban J connectivity index is 2.21. The van der Waals surface area contributed by atoms with E-state index in [0.29, 0.717) is 13.2 Å². The van der Waals surface area contributed by atoms with Crippen molar-refractivity contribution in [2.24, 2.45) is 0 Å². The largest absolute Gasteiger partial charge is 0.508 e. The first-order valence-electron chi connectivity index (χ1n) is 9.14. The van der Waals surface area contributed by atoms with E-state index in [4.69, 9.17) is 14.2 Å². The van der Waals surface area contributed by atoms with E-state index in [9.17, 15) is 5.11 Å². The minimum Gasteiger partial charge on any atom is -0.508 e. The van der Waals surface area contributed by atoms with Crippen LogP contribution in [0.25, 0.3) is 0 Å². The minimum atomic E-state index is -0.838. The number of benzene rings is 1. The molecule has 0 amide bonds. The lowest BCUT2D eigenvalue weighted by molar-refractivity contribution is -0.229. The average Bonchev–Trinajstić information content (AvgIpc) is 2.95. The number of aromatic hydroxyl groups is 1. The summed E-state index contributed by atoms with van der Waals surface area (Å²) in [7, 11) is 1.62. The Hall–Kier alpha value is -1.88. The SMILES string of the molecule is CC=CC=CC=C1CO[C@](C)(OC)[C@H]1OCc1c(O)cccc1CCC. The van der Waals surface area contributed by atoms with E-state index in [-0.39, 0.29) is 11.9 Å². The standard InChI is InChI=1S/C22H30O4/c1-5-7-8-9-12-18-15-26-22(3,24-4)21(18)25-16-19-17(11-6-2)13-10-14-20(19)23/h5,7-10,12-14,21,23H,6,11,15-16H2,1-4H3/t21-,22-/m0/s1. The molecule has 1 N–H and O–H groups in total. The van der Waals surface area contributed by atoms with Crippen molar-refractivity contribution in [3.63, 3.8) is 0 Å². The first-order chi connectivity index (χ1) is 12.6. The molecule has 0 spiro atoms. The Morgan fingerprint density at radius 2 is 2.12 bits per heavy atom. The summed E-state index contributed by atoms with van der Waals surface area (Å²) in [6.07, 6.45) is 11.5. The average molecular weight is 358 g/mol. The van der Waals surface area contributed by atoms with Crippen LogP contribution < -0.4 is 0 Å². The van der Waals surface area contributed by atoms with Gasteiger partial charge in [0.25, 0.3) is 0 Å². The third-order valence-electron chi connectivity index (χ3n) is 4.63. The summed E-state index contributed by atoms with van der Waals surface area (Å²) < 4.78 is 17.6. The summed E-state index contributed by atoms with van der Waals surface area (Å²) in [4.78, 5) is 0. The summed E-state index contributed by atoms with van der Waals surface area (Å²) in [5, 5.41) is 10.3. The van der Waals surface area contributed by atoms with Gasteiger partial charge >= 0.3 is 0 Å². The van der Waals surface area contributed by atoms with Gasteiger partial charge in [0.05, 0.1) is 13.2 Å². The molecule has 4 heteroatoms. The predicted octanol–water partition coefficient (Wildman–Crippen LogP) is 4.68. The second kappa shape index (κ2) is 9.72. The fourth-order valence-electron chi connectivity index (χ4n) is 3.09. The summed E-state index contributed by atoms with van der Waals surface area (Å²) in [6, 6.07) is 5.62. The summed E-state index contributed by atoms with van der Waals surface area (Å²) in [5.74, 6) is -0.567. The smallest absolute Gasteiger partial charge is 0.195 e. The van der Waals surface area contributed by atoms with Crippen LogP contribution in [-0.2, 0) is 27.2 Å². The Bertz CT molecular complexity index is 675. The molecular formula is C22H30O4. The van der Waals surface area contributed by atoms with Crippen molar-refractivity contribution >= 4 is 0 Å². The van der Waals surface area contributed by atoms with Crippen LogP contribution in [0.15, 0.2) is 54.2 Å². The molecular weight excluding hydrogens is 328 g/mol. The van der Waals surface area contributed by atoms with Gasteiger partial charge in [0, 0.05) is 12.7 Å². The number of phenolic OH excluding ortho intramolecular Hbond substituents is 1. The first-order valence-corrected chi connectivity index (χ1v) is 9.14. The molecule has 1 fully saturated rings. The van der Waals surface area contributed by atoms with Crippen LogP contribution in [0.2, 0.25) is 0 Å². The van der Waals surface area contributed by atoms with E-state index in [2.05, 4.69) is 6.92 Å². The highest BCUT2D eigenvalue weighted by Crippen LogP contribution is 2.35. The van der Waals surface area contributed by atoms with E-state index in [1.807, 2.05) is 56.4 Å². The quantitative estimate of drug-likeness (QED) is 0.686. The normalized spacial score (nSPS) is 25.1. The Morgan fingerprint density at radius 1 is 1.31 bits per heavy atom. The number of aryl methyl sites for hydroxylation is 1. The van der Waals surface area contributed by atoms with Crippen LogP contribution in [0.3, 0.4) is 0 Å². The first kappa shape index (κ1) is 20.4. The van der Waals surface area contributed by atoms with Crippen LogP contribution in [0.4, 0.5) is 0 Å². The van der Waals surface area contributed by atoms with Gasteiger partial charge in [0.1, 0.15) is 11.9 Å². The lowest BCUT2D eigenvalue weighted by Crippen LogP contribution is -2.40. The molecule has 2 atom stereocenters. The van der Waals surface area contributed by atoms with Gasteiger partial charge in [-0.25, -0.2) is 0 Å². The van der Waals surface area contributed by atoms with Gasteiger partial charge in [0.15, 0.2) is 5.79 Å². The highest BCUT2D eigenvalue weighted by molar-refractivity contribution is 5.39. The number of rotatable bonds is 8. The van der Waals surface area contributed by atoms with Gasteiger partial charge in [-0.3, -0.25) is 0 Å². The highest BCUT2D eigenvalue weighted by Gasteiger charge is 2.44. The van der Waals surface area contributed by atoms with Crippen molar-refractivity contribution in [2.45, 2.75) is 52.1 Å². The molecule has 0 saturated carbocycles. The molecule has 0 unspecified atom stereocenters. The lowest BCUT2D eigenvalue weighted by atomic mass is 10.0. The van der Waals surface area contributed by atoms with Crippen LogP contribution in [0, 0.1) is 0 Å². The number of hydrogen-bond acceptors (Lipinski definition) is 4. The maximum absolute atomic E-state index is 10.3. The minimum absolute atomic E-state index is 0.271. The van der Waals surface area contributed by atoms with E-state index < -0.39 is 5.79 Å². The third-order valence-corrected chi connectivity index (χ3v) is 4.63. The zero-order valence-electron chi connectivity index (χ0n) is 16.2. The van der Waals surface area contributed by atoms with Gasteiger partial charge in [-0.2, -0.15) is 0 Å². The van der Waals surface area contributed by atoms with Gasteiger partial charge < -0.3 is 19.3 Å². The number of ether oxygens (including phenoxy) is 3. The maximum atomic E-state index is 10.3. The molecule has 2 rings (SSSR count). The molecule has 1 aromatic carbocycles. The molecule has 1 heterocycles. The van der Waals surface area contributed by atoms with E-state index in [1.54, 1.807) is 13.2 Å². The zero-order chi connectivity index (χ0) is 19.0. The van der Waals surface area contributed by atoms with Crippen LogP contribution in [0.1, 0.15) is 38.3 Å². The number of allylic oxidation sites excluding steroid dienone is 5. The Kier molecular flexibility index (Phi) is 7.64. The monoisotopic (exact) mass is 358 g/mol. The fraction of sp³-hybridized carbons (Fsp3) is 0.455. The fourth-order valence-corrected chi connectivity index (χ4v) is 3.09. The van der Waals surface area contributed by atoms with E-state index in [1.165, 1.54) is 0 Å². The van der Waals surface area contributed by atoms with Crippen LogP contribution >= 0.6 is 0 Å². The van der Waals surface area contributed by atoms with Gasteiger partial charge in [-0.1, -0.05) is 55.9 Å². The van der Waals surface area contributed by atoms with Crippen molar-refractivity contribution < 1.29 is 19.3 Å². The molecule has 0 aliphatic carbocycles. The topological polar surface area (TPSA) is 47.9 Å². The van der Waals surface area contributed by atoms with Crippen molar-refractivity contribution in [1.29, 1.82) is 0 Å². The van der Waals surface area contributed by atoms with E-state index >= 15 is 0 Å². The molecule has 1 saturated heterocycles. The van der Waals surface area contributed by atoms with Crippen molar-refractivity contribution in [3.8, 4) is 5.75 Å². The van der Waals surface area contributed by atoms with Gasteiger partial charge in [-0.15, -0.1) is 0 Å². The second-order valence-corrected chi connectivity index (χ2v) is 6.52. The Morgan fingerprint density at radius 3 is 2.81 bits per heavy atom. The van der Waals surface area contributed by atoms with Gasteiger partial charge in [-0.05, 0) is 37.5 Å². The van der Waals surface area contributed by atoms with Crippen LogP contribution in [0.5, 0.6) is 5.75 Å². The van der Waals surface area contributed by atoms with Crippen molar-refractivity contribution in [1.82, 2.24) is 0 Å². The van der Waals surface area contributed by atoms with Crippen molar-refractivity contribution in [3.05, 3.63) is 65.3 Å². The summed E-state index contributed by atoms with van der Waals surface area (Å²) >= 11 is 0. The molecule has 0 bridgehead atoms. The molecule has 0 radical (unpaired) electrons. The number of phenols is 1. The molecule has 1 aliphatic rings. The molecule has 142 valence electrons. The van der Waals surface area contributed by atoms with E-state index in [0.717, 1.165) is 29.5 Å². The number of methoxy groups -OCH3 is 1. The highest BCUT2D eigenvalue weighted by atomic mass is 16.7. The van der Waals surface area contributed by atoms with Crippen LogP contribution in [-0.4, -0.2) is 30.7 Å².